The van der Waals surface area contributed by atoms with Crippen LogP contribution in [0.1, 0.15) is 10.4 Å². The molecule has 5 heteroatoms. The van der Waals surface area contributed by atoms with Gasteiger partial charge in [0.2, 0.25) is 0 Å². The van der Waals surface area contributed by atoms with Crippen LogP contribution in [-0.2, 0) is 0 Å². The number of aromatic amines is 1. The molecule has 0 saturated carbocycles. The second kappa shape index (κ2) is 3.53. The highest BCUT2D eigenvalue weighted by molar-refractivity contribution is 5.89. The number of aromatic nitrogens is 2. The van der Waals surface area contributed by atoms with Crippen LogP contribution in [0.25, 0.3) is 11.3 Å². The van der Waals surface area contributed by atoms with Crippen molar-refractivity contribution in [2.24, 2.45) is 0 Å². The minimum atomic E-state index is -1.29. The number of carboxylic acid groups (broad SMARTS) is 1. The average molecular weight is 206 g/mol. The van der Waals surface area contributed by atoms with E-state index in [2.05, 4.69) is 10.2 Å². The molecule has 0 aliphatic heterocycles. The first kappa shape index (κ1) is 9.39. The Bertz CT molecular complexity index is 494. The van der Waals surface area contributed by atoms with Gasteiger partial charge in [0.05, 0.1) is 11.3 Å². The molecule has 0 aliphatic carbocycles. The van der Waals surface area contributed by atoms with Crippen LogP contribution in [0.3, 0.4) is 0 Å². The van der Waals surface area contributed by atoms with E-state index in [1.54, 1.807) is 12.3 Å². The summed E-state index contributed by atoms with van der Waals surface area (Å²) in [4.78, 5) is 10.7. The number of hydrogen-bond donors (Lipinski definition) is 2. The number of rotatable bonds is 2. The third-order valence-electron chi connectivity index (χ3n) is 2.01. The van der Waals surface area contributed by atoms with Gasteiger partial charge in [0, 0.05) is 11.8 Å². The summed E-state index contributed by atoms with van der Waals surface area (Å²) in [6.07, 6.45) is 1.54. The lowest BCUT2D eigenvalue weighted by atomic mass is 10.1. The summed E-state index contributed by atoms with van der Waals surface area (Å²) in [5, 5.41) is 15.0. The molecular weight excluding hydrogens is 199 g/mol. The van der Waals surface area contributed by atoms with Gasteiger partial charge in [-0.1, -0.05) is 6.07 Å². The SMILES string of the molecule is O=C(O)c1cccc(-c2cc[nH]n2)c1F. The molecular formula is C10H7FN2O2. The lowest BCUT2D eigenvalue weighted by Crippen LogP contribution is -2.01. The number of H-pyrrole nitrogens is 1. The number of benzene rings is 1. The Morgan fingerprint density at radius 2 is 2.20 bits per heavy atom. The van der Waals surface area contributed by atoms with Crippen molar-refractivity contribution in [3.8, 4) is 11.3 Å². The fourth-order valence-corrected chi connectivity index (χ4v) is 1.31. The topological polar surface area (TPSA) is 66.0 Å². The Hall–Kier alpha value is -2.17. The molecule has 1 aromatic carbocycles. The number of halogens is 1. The molecule has 0 unspecified atom stereocenters. The van der Waals surface area contributed by atoms with Gasteiger partial charge < -0.3 is 5.11 Å². The van der Waals surface area contributed by atoms with Crippen molar-refractivity contribution in [3.05, 3.63) is 41.8 Å². The summed E-state index contributed by atoms with van der Waals surface area (Å²) in [6.45, 7) is 0. The average Bonchev–Trinajstić information content (AvgIpc) is 2.70. The molecule has 2 rings (SSSR count). The van der Waals surface area contributed by atoms with Crippen molar-refractivity contribution < 1.29 is 14.3 Å². The zero-order valence-electron chi connectivity index (χ0n) is 7.57. The number of hydrogen-bond acceptors (Lipinski definition) is 2. The van der Waals surface area contributed by atoms with Gasteiger partial charge in [-0.15, -0.1) is 0 Å². The van der Waals surface area contributed by atoms with Crippen LogP contribution in [0, 0.1) is 5.82 Å². The monoisotopic (exact) mass is 206 g/mol. The predicted molar refractivity (Wildman–Crippen MR) is 50.9 cm³/mol. The molecule has 1 aromatic heterocycles. The number of aromatic carboxylic acids is 1. The zero-order valence-corrected chi connectivity index (χ0v) is 7.57. The standard InChI is InChI=1S/C10H7FN2O2/c11-9-6(8-4-5-12-13-8)2-1-3-7(9)10(14)15/h1-5H,(H,12,13)(H,14,15). The number of carboxylic acids is 1. The highest BCUT2D eigenvalue weighted by atomic mass is 19.1. The van der Waals surface area contributed by atoms with Crippen molar-refractivity contribution in [3.63, 3.8) is 0 Å². The van der Waals surface area contributed by atoms with E-state index in [0.29, 0.717) is 5.69 Å². The Labute approximate surface area is 84.4 Å². The van der Waals surface area contributed by atoms with Gasteiger partial charge >= 0.3 is 5.97 Å². The molecule has 0 atom stereocenters. The third-order valence-corrected chi connectivity index (χ3v) is 2.01. The fraction of sp³-hybridized carbons (Fsp3) is 0. The molecule has 76 valence electrons. The second-order valence-electron chi connectivity index (χ2n) is 2.93. The lowest BCUT2D eigenvalue weighted by Gasteiger charge is -2.01. The van der Waals surface area contributed by atoms with E-state index in [1.165, 1.54) is 18.2 Å². The van der Waals surface area contributed by atoms with Crippen molar-refractivity contribution in [2.75, 3.05) is 0 Å². The maximum atomic E-state index is 13.7. The Balaban J connectivity index is 2.59. The largest absolute Gasteiger partial charge is 0.478 e. The van der Waals surface area contributed by atoms with Gasteiger partial charge in [0.1, 0.15) is 5.82 Å². The molecule has 0 radical (unpaired) electrons. The highest BCUT2D eigenvalue weighted by Crippen LogP contribution is 2.22. The van der Waals surface area contributed by atoms with Crippen molar-refractivity contribution in [2.45, 2.75) is 0 Å². The number of carbonyl (C=O) groups is 1. The van der Waals surface area contributed by atoms with Gasteiger partial charge in [-0.2, -0.15) is 5.10 Å². The maximum absolute atomic E-state index is 13.7. The predicted octanol–water partition coefficient (Wildman–Crippen LogP) is 1.91. The molecule has 0 fully saturated rings. The smallest absolute Gasteiger partial charge is 0.338 e. The summed E-state index contributed by atoms with van der Waals surface area (Å²) >= 11 is 0. The molecule has 0 aliphatic rings. The third kappa shape index (κ3) is 1.59. The molecule has 4 nitrogen and oxygen atoms in total. The second-order valence-corrected chi connectivity index (χ2v) is 2.93. The normalized spacial score (nSPS) is 10.2. The zero-order chi connectivity index (χ0) is 10.8. The fourth-order valence-electron chi connectivity index (χ4n) is 1.31. The summed E-state index contributed by atoms with van der Waals surface area (Å²) in [6, 6.07) is 5.76. The van der Waals surface area contributed by atoms with Crippen molar-refractivity contribution in [1.29, 1.82) is 0 Å². The summed E-state index contributed by atoms with van der Waals surface area (Å²) in [5.74, 6) is -2.05. The van der Waals surface area contributed by atoms with E-state index in [0.717, 1.165) is 0 Å². The minimum Gasteiger partial charge on any atom is -0.478 e. The first-order valence-electron chi connectivity index (χ1n) is 4.22. The first-order valence-corrected chi connectivity index (χ1v) is 4.22. The number of nitrogens with one attached hydrogen (secondary N) is 1. The molecule has 15 heavy (non-hydrogen) atoms. The number of nitrogens with zero attached hydrogens (tertiary/aromatic N) is 1. The van der Waals surface area contributed by atoms with Crippen LogP contribution in [0.2, 0.25) is 0 Å². The first-order chi connectivity index (χ1) is 7.20. The molecule has 0 saturated heterocycles. The highest BCUT2D eigenvalue weighted by Gasteiger charge is 2.15. The van der Waals surface area contributed by atoms with Gasteiger partial charge in [-0.3, -0.25) is 5.10 Å². The Morgan fingerprint density at radius 1 is 1.40 bits per heavy atom. The summed E-state index contributed by atoms with van der Waals surface area (Å²) < 4.78 is 13.7. The van der Waals surface area contributed by atoms with E-state index in [-0.39, 0.29) is 11.1 Å². The Morgan fingerprint density at radius 3 is 2.80 bits per heavy atom. The Kier molecular flexibility index (Phi) is 2.21. The summed E-state index contributed by atoms with van der Waals surface area (Å²) in [7, 11) is 0. The van der Waals surface area contributed by atoms with Gasteiger partial charge in [-0.05, 0) is 18.2 Å². The minimum absolute atomic E-state index is 0.177. The maximum Gasteiger partial charge on any atom is 0.338 e. The van der Waals surface area contributed by atoms with Gasteiger partial charge in [0.15, 0.2) is 0 Å². The molecule has 1 heterocycles. The molecule has 0 bridgehead atoms. The molecule has 2 N–H and O–H groups in total. The van der Waals surface area contributed by atoms with Crippen LogP contribution in [0.4, 0.5) is 4.39 Å². The van der Waals surface area contributed by atoms with E-state index < -0.39 is 11.8 Å². The lowest BCUT2D eigenvalue weighted by molar-refractivity contribution is 0.0692. The van der Waals surface area contributed by atoms with Crippen LogP contribution >= 0.6 is 0 Å². The van der Waals surface area contributed by atoms with E-state index in [9.17, 15) is 9.18 Å². The van der Waals surface area contributed by atoms with E-state index >= 15 is 0 Å². The quantitative estimate of drug-likeness (QED) is 0.788. The van der Waals surface area contributed by atoms with Crippen LogP contribution in [0.15, 0.2) is 30.5 Å². The van der Waals surface area contributed by atoms with Gasteiger partial charge in [0.25, 0.3) is 0 Å². The van der Waals surface area contributed by atoms with E-state index in [4.69, 9.17) is 5.11 Å². The molecule has 0 amide bonds. The molecule has 0 spiro atoms. The van der Waals surface area contributed by atoms with Crippen LogP contribution in [-0.4, -0.2) is 21.3 Å². The van der Waals surface area contributed by atoms with Crippen LogP contribution < -0.4 is 0 Å². The van der Waals surface area contributed by atoms with Gasteiger partial charge in [-0.25, -0.2) is 9.18 Å². The molecule has 2 aromatic rings. The van der Waals surface area contributed by atoms with E-state index in [1.807, 2.05) is 0 Å². The van der Waals surface area contributed by atoms with Crippen molar-refractivity contribution in [1.82, 2.24) is 10.2 Å². The van der Waals surface area contributed by atoms with Crippen molar-refractivity contribution >= 4 is 5.97 Å². The summed E-state index contributed by atoms with van der Waals surface area (Å²) in [5.41, 5.74) is 0.210. The van der Waals surface area contributed by atoms with Crippen LogP contribution in [0.5, 0.6) is 0 Å².